The molecule has 2 N–H and O–H groups in total. The summed E-state index contributed by atoms with van der Waals surface area (Å²) in [7, 11) is 0. The molecule has 9 heteroatoms. The molecule has 1 aliphatic rings. The zero-order valence-corrected chi connectivity index (χ0v) is 22.1. The molecular formula is C29H35N3O6. The van der Waals surface area contributed by atoms with Crippen molar-refractivity contribution in [3.05, 3.63) is 78.0 Å². The lowest BCUT2D eigenvalue weighted by Gasteiger charge is -2.39. The van der Waals surface area contributed by atoms with Crippen LogP contribution in [0.15, 0.2) is 66.9 Å². The van der Waals surface area contributed by atoms with Crippen LogP contribution in [0.3, 0.4) is 0 Å². The summed E-state index contributed by atoms with van der Waals surface area (Å²) >= 11 is 0. The quantitative estimate of drug-likeness (QED) is 0.346. The third-order valence-corrected chi connectivity index (χ3v) is 6.15. The Morgan fingerprint density at radius 2 is 1.63 bits per heavy atom. The van der Waals surface area contributed by atoms with Gasteiger partial charge in [-0.15, -0.1) is 0 Å². The molecule has 3 rings (SSSR count). The Balaban J connectivity index is 1.89. The molecule has 0 aromatic heterocycles. The predicted molar refractivity (Wildman–Crippen MR) is 142 cm³/mol. The fourth-order valence-corrected chi connectivity index (χ4v) is 4.40. The van der Waals surface area contributed by atoms with Crippen molar-refractivity contribution in [2.45, 2.75) is 58.4 Å². The van der Waals surface area contributed by atoms with E-state index in [1.165, 1.54) is 9.80 Å². The molecule has 0 spiro atoms. The molecule has 0 fully saturated rings. The molecule has 0 bridgehead atoms. The van der Waals surface area contributed by atoms with Crippen LogP contribution in [0.5, 0.6) is 0 Å². The molecule has 1 aliphatic heterocycles. The summed E-state index contributed by atoms with van der Waals surface area (Å²) in [6, 6.07) is 16.3. The van der Waals surface area contributed by atoms with Gasteiger partial charge in [0.05, 0.1) is 17.8 Å². The maximum Gasteiger partial charge on any atom is 0.337 e. The summed E-state index contributed by atoms with van der Waals surface area (Å²) in [6.07, 6.45) is 0.289. The summed E-state index contributed by atoms with van der Waals surface area (Å²) in [5.41, 5.74) is 1.85. The van der Waals surface area contributed by atoms with E-state index in [1.54, 1.807) is 44.3 Å². The number of hydrogen-bond donors (Lipinski definition) is 2. The normalized spacial score (nSPS) is 17.2. The average molecular weight is 522 g/mol. The Morgan fingerprint density at radius 1 is 1.03 bits per heavy atom. The number of carbonyl (C=O) groups is 4. The highest BCUT2D eigenvalue weighted by atomic mass is 16.6. The molecule has 2 unspecified atom stereocenters. The predicted octanol–water partition coefficient (Wildman–Crippen LogP) is 2.35. The minimum absolute atomic E-state index is 0.170. The van der Waals surface area contributed by atoms with Gasteiger partial charge >= 0.3 is 5.97 Å². The topological polar surface area (TPSA) is 116 Å². The lowest BCUT2D eigenvalue weighted by molar-refractivity contribution is -0.159. The molecule has 0 radical (unpaired) electrons. The maximum atomic E-state index is 13.6. The second-order valence-electron chi connectivity index (χ2n) is 9.84. The number of aliphatic hydroxyl groups is 1. The van der Waals surface area contributed by atoms with Crippen molar-refractivity contribution in [2.24, 2.45) is 5.92 Å². The first-order chi connectivity index (χ1) is 18.1. The number of benzene rings is 2. The van der Waals surface area contributed by atoms with Crippen molar-refractivity contribution in [2.75, 3.05) is 6.54 Å². The number of amides is 3. The summed E-state index contributed by atoms with van der Waals surface area (Å²) in [5.74, 6) is -2.02. The smallest absolute Gasteiger partial charge is 0.337 e. The number of rotatable bonds is 11. The zero-order valence-electron chi connectivity index (χ0n) is 22.1. The molecule has 2 aromatic rings. The van der Waals surface area contributed by atoms with Gasteiger partial charge in [-0.1, -0.05) is 74.5 Å². The zero-order chi connectivity index (χ0) is 27.8. The third kappa shape index (κ3) is 7.07. The first-order valence-corrected chi connectivity index (χ1v) is 12.7. The highest BCUT2D eigenvalue weighted by Crippen LogP contribution is 2.29. The number of ether oxygens (including phenoxy) is 1. The van der Waals surface area contributed by atoms with Crippen LogP contribution in [0.25, 0.3) is 5.70 Å². The van der Waals surface area contributed by atoms with E-state index in [0.717, 1.165) is 5.56 Å². The summed E-state index contributed by atoms with van der Waals surface area (Å²) < 4.78 is 5.17. The first kappa shape index (κ1) is 28.6. The number of esters is 1. The number of hydrogen-bond acceptors (Lipinski definition) is 6. The van der Waals surface area contributed by atoms with E-state index in [-0.39, 0.29) is 18.9 Å². The fraction of sp³-hybridized carbons (Fsp3) is 0.379. The third-order valence-electron chi connectivity index (χ3n) is 6.15. The van der Waals surface area contributed by atoms with Crippen LogP contribution < -0.4 is 5.32 Å². The van der Waals surface area contributed by atoms with Crippen LogP contribution in [-0.2, 0) is 30.3 Å². The van der Waals surface area contributed by atoms with Crippen molar-refractivity contribution in [3.63, 3.8) is 0 Å². The number of carbonyl (C=O) groups excluding carboxylic acids is 4. The van der Waals surface area contributed by atoms with Gasteiger partial charge in [0.15, 0.2) is 6.10 Å². The molecule has 0 aliphatic carbocycles. The summed E-state index contributed by atoms with van der Waals surface area (Å²) in [5, 5.41) is 13.5. The van der Waals surface area contributed by atoms with Crippen molar-refractivity contribution in [3.8, 4) is 0 Å². The molecular weight excluding hydrogens is 486 g/mol. The molecule has 3 amide bonds. The van der Waals surface area contributed by atoms with E-state index >= 15 is 0 Å². The van der Waals surface area contributed by atoms with E-state index < -0.39 is 42.1 Å². The van der Waals surface area contributed by atoms with Gasteiger partial charge in [-0.05, 0) is 37.3 Å². The van der Waals surface area contributed by atoms with E-state index in [9.17, 15) is 24.3 Å². The van der Waals surface area contributed by atoms with Crippen LogP contribution in [0.1, 0.15) is 38.8 Å². The molecule has 0 saturated carbocycles. The van der Waals surface area contributed by atoms with Gasteiger partial charge < -0.3 is 20.1 Å². The Kier molecular flexibility index (Phi) is 9.78. The lowest BCUT2D eigenvalue weighted by atomic mass is 9.97. The second kappa shape index (κ2) is 13.0. The lowest BCUT2D eigenvalue weighted by Crippen LogP contribution is -2.56. The van der Waals surface area contributed by atoms with Crippen LogP contribution in [-0.4, -0.2) is 69.9 Å². The largest absolute Gasteiger partial charge is 0.461 e. The second-order valence-corrected chi connectivity index (χ2v) is 9.84. The van der Waals surface area contributed by atoms with Gasteiger partial charge in [-0.25, -0.2) is 4.79 Å². The first-order valence-electron chi connectivity index (χ1n) is 12.7. The van der Waals surface area contributed by atoms with Gasteiger partial charge in [-0.3, -0.25) is 19.3 Å². The molecule has 3 atom stereocenters. The van der Waals surface area contributed by atoms with Crippen LogP contribution in [0.4, 0.5) is 0 Å². The SMILES string of the molecule is CC(C)OC(=O)C(O)[C@H](Cc1ccccc1)NC(=O)CN1C(=O)C(C(C)C)N(C=O)C=C1c1ccccc1. The summed E-state index contributed by atoms with van der Waals surface area (Å²) in [4.78, 5) is 53.9. The van der Waals surface area contributed by atoms with Crippen LogP contribution in [0.2, 0.25) is 0 Å². The molecule has 1 heterocycles. The standard InChI is InChI=1S/C29H35N3O6/c1-19(2)26-28(36)32(24(16-31(26)18-33)22-13-9-6-10-14-22)17-25(34)30-23(15-21-11-7-5-8-12-21)27(35)29(37)38-20(3)4/h5-14,16,18-20,23,26-27,35H,15,17H2,1-4H3,(H,30,34)/t23-,26?,27?/m0/s1. The number of nitrogens with zero attached hydrogens (tertiary/aromatic N) is 2. The van der Waals surface area contributed by atoms with E-state index in [4.69, 9.17) is 4.74 Å². The highest BCUT2D eigenvalue weighted by molar-refractivity contribution is 5.98. The van der Waals surface area contributed by atoms with Crippen molar-refractivity contribution < 1.29 is 29.0 Å². The van der Waals surface area contributed by atoms with Gasteiger partial charge in [-0.2, -0.15) is 0 Å². The Morgan fingerprint density at radius 3 is 2.18 bits per heavy atom. The molecule has 0 saturated heterocycles. The van der Waals surface area contributed by atoms with Crippen molar-refractivity contribution in [1.82, 2.24) is 15.1 Å². The van der Waals surface area contributed by atoms with Gasteiger partial charge in [0.1, 0.15) is 12.6 Å². The maximum absolute atomic E-state index is 13.6. The number of nitrogens with one attached hydrogen (secondary N) is 1. The van der Waals surface area contributed by atoms with E-state index in [1.807, 2.05) is 50.2 Å². The highest BCUT2D eigenvalue weighted by Gasteiger charge is 2.39. The monoisotopic (exact) mass is 521 g/mol. The number of aliphatic hydroxyl groups excluding tert-OH is 1. The van der Waals surface area contributed by atoms with Crippen LogP contribution in [0, 0.1) is 5.92 Å². The average Bonchev–Trinajstić information content (AvgIpc) is 2.89. The Bertz CT molecular complexity index is 1150. The Labute approximate surface area is 223 Å². The van der Waals surface area contributed by atoms with Gasteiger partial charge in [0.2, 0.25) is 12.3 Å². The van der Waals surface area contributed by atoms with E-state index in [0.29, 0.717) is 17.7 Å². The minimum Gasteiger partial charge on any atom is -0.461 e. The molecule has 9 nitrogen and oxygen atoms in total. The van der Waals surface area contributed by atoms with Gasteiger partial charge in [0.25, 0.3) is 5.91 Å². The van der Waals surface area contributed by atoms with E-state index in [2.05, 4.69) is 5.32 Å². The molecule has 2 aromatic carbocycles. The van der Waals surface area contributed by atoms with Crippen molar-refractivity contribution in [1.29, 1.82) is 0 Å². The van der Waals surface area contributed by atoms with Crippen molar-refractivity contribution >= 4 is 29.9 Å². The summed E-state index contributed by atoms with van der Waals surface area (Å²) in [6.45, 7) is 6.62. The van der Waals surface area contributed by atoms with Crippen LogP contribution >= 0.6 is 0 Å². The molecule has 202 valence electrons. The Hall–Kier alpha value is -3.98. The molecule has 38 heavy (non-hydrogen) atoms. The van der Waals surface area contributed by atoms with Gasteiger partial charge in [0, 0.05) is 6.20 Å². The minimum atomic E-state index is -1.61. The fourth-order valence-electron chi connectivity index (χ4n) is 4.40.